The summed E-state index contributed by atoms with van der Waals surface area (Å²) in [7, 11) is 1.74. The molecule has 0 bridgehead atoms. The van der Waals surface area contributed by atoms with Gasteiger partial charge < -0.3 is 10.2 Å². The summed E-state index contributed by atoms with van der Waals surface area (Å²) in [5, 5.41) is 7.16. The van der Waals surface area contributed by atoms with Gasteiger partial charge in [0.05, 0.1) is 17.9 Å². The van der Waals surface area contributed by atoms with Gasteiger partial charge in [0.2, 0.25) is 0 Å². The van der Waals surface area contributed by atoms with Crippen molar-refractivity contribution in [3.05, 3.63) is 47.2 Å². The van der Waals surface area contributed by atoms with Crippen molar-refractivity contribution in [2.75, 3.05) is 11.9 Å². The predicted molar refractivity (Wildman–Crippen MR) is 87.0 cm³/mol. The van der Waals surface area contributed by atoms with E-state index in [1.165, 1.54) is 6.20 Å². The number of likely N-dealkylation sites (tertiary alicyclic amines) is 1. The fraction of sp³-hybridized carbons (Fsp3) is 0.312. The molecule has 6 nitrogen and oxygen atoms in total. The van der Waals surface area contributed by atoms with Crippen molar-refractivity contribution in [2.45, 2.75) is 18.9 Å². The lowest BCUT2D eigenvalue weighted by molar-refractivity contribution is -0.143. The molecule has 1 fully saturated rings. The largest absolute Gasteiger partial charge is 0.327 e. The van der Waals surface area contributed by atoms with E-state index in [1.54, 1.807) is 28.9 Å². The lowest BCUT2D eigenvalue weighted by atomic mass is 10.0. The first-order chi connectivity index (χ1) is 11.1. The second-order valence-electron chi connectivity index (χ2n) is 5.53. The SMILES string of the molecule is Cn1cc(NC(=O)C(=O)N2CCC[C@@H]2c2ccccc2Cl)cn1. The molecule has 1 N–H and O–H groups in total. The Labute approximate surface area is 139 Å². The van der Waals surface area contributed by atoms with Gasteiger partial charge in [0, 0.05) is 24.8 Å². The van der Waals surface area contributed by atoms with E-state index in [4.69, 9.17) is 11.6 Å². The van der Waals surface area contributed by atoms with Crippen LogP contribution in [-0.4, -0.2) is 33.0 Å². The van der Waals surface area contributed by atoms with E-state index in [2.05, 4.69) is 10.4 Å². The van der Waals surface area contributed by atoms with Gasteiger partial charge in [0.1, 0.15) is 0 Å². The molecule has 0 spiro atoms. The zero-order valence-electron chi connectivity index (χ0n) is 12.7. The summed E-state index contributed by atoms with van der Waals surface area (Å²) >= 11 is 6.24. The molecule has 0 saturated carbocycles. The van der Waals surface area contributed by atoms with Crippen LogP contribution in [0.5, 0.6) is 0 Å². The first-order valence-corrected chi connectivity index (χ1v) is 7.79. The molecule has 23 heavy (non-hydrogen) atoms. The van der Waals surface area contributed by atoms with Crippen LogP contribution >= 0.6 is 11.6 Å². The molecule has 2 heterocycles. The van der Waals surface area contributed by atoms with Crippen molar-refractivity contribution in [1.82, 2.24) is 14.7 Å². The minimum atomic E-state index is -0.656. The number of rotatable bonds is 2. The topological polar surface area (TPSA) is 67.2 Å². The maximum absolute atomic E-state index is 12.5. The first kappa shape index (κ1) is 15.6. The van der Waals surface area contributed by atoms with E-state index < -0.39 is 11.8 Å². The molecule has 0 radical (unpaired) electrons. The number of hydrogen-bond donors (Lipinski definition) is 1. The lowest BCUT2D eigenvalue weighted by Crippen LogP contribution is -2.39. The van der Waals surface area contributed by atoms with E-state index in [0.29, 0.717) is 17.3 Å². The molecule has 0 aliphatic carbocycles. The molecule has 1 aromatic heterocycles. The van der Waals surface area contributed by atoms with Crippen molar-refractivity contribution in [1.29, 1.82) is 0 Å². The number of amides is 2. The Morgan fingerprint density at radius 1 is 1.35 bits per heavy atom. The highest BCUT2D eigenvalue weighted by Gasteiger charge is 2.34. The number of hydrogen-bond acceptors (Lipinski definition) is 3. The van der Waals surface area contributed by atoms with Gasteiger partial charge in [0.25, 0.3) is 0 Å². The van der Waals surface area contributed by atoms with E-state index >= 15 is 0 Å². The Morgan fingerprint density at radius 2 is 2.13 bits per heavy atom. The predicted octanol–water partition coefficient (Wildman–Crippen LogP) is 2.38. The smallest absolute Gasteiger partial charge is 0.314 e. The number of nitrogens with zero attached hydrogens (tertiary/aromatic N) is 3. The van der Waals surface area contributed by atoms with Crippen LogP contribution in [0.25, 0.3) is 0 Å². The van der Waals surface area contributed by atoms with Gasteiger partial charge in [-0.2, -0.15) is 5.10 Å². The second kappa shape index (κ2) is 6.42. The number of nitrogens with one attached hydrogen (secondary N) is 1. The number of aryl methyl sites for hydroxylation is 1. The van der Waals surface area contributed by atoms with Crippen LogP contribution in [-0.2, 0) is 16.6 Å². The van der Waals surface area contributed by atoms with Gasteiger partial charge in [-0.1, -0.05) is 29.8 Å². The monoisotopic (exact) mass is 332 g/mol. The molecule has 0 unspecified atom stereocenters. The zero-order valence-corrected chi connectivity index (χ0v) is 13.5. The summed E-state index contributed by atoms with van der Waals surface area (Å²) in [6.45, 7) is 0.551. The van der Waals surface area contributed by atoms with E-state index in [-0.39, 0.29) is 6.04 Å². The minimum absolute atomic E-state index is 0.157. The van der Waals surface area contributed by atoms with Gasteiger partial charge in [0.15, 0.2) is 0 Å². The van der Waals surface area contributed by atoms with Crippen LogP contribution in [0.1, 0.15) is 24.4 Å². The standard InChI is InChI=1S/C16H17ClN4O2/c1-20-10-11(9-18-20)19-15(22)16(23)21-8-4-7-14(21)12-5-2-3-6-13(12)17/h2-3,5-6,9-10,14H,4,7-8H2,1H3,(H,19,22)/t14-/m1/s1. The summed E-state index contributed by atoms with van der Waals surface area (Å²) in [4.78, 5) is 26.3. The van der Waals surface area contributed by atoms with Crippen LogP contribution in [0, 0.1) is 0 Å². The first-order valence-electron chi connectivity index (χ1n) is 7.41. The molecular weight excluding hydrogens is 316 g/mol. The van der Waals surface area contributed by atoms with E-state index in [0.717, 1.165) is 18.4 Å². The van der Waals surface area contributed by atoms with Crippen molar-refractivity contribution < 1.29 is 9.59 Å². The van der Waals surface area contributed by atoms with Crippen molar-refractivity contribution >= 4 is 29.1 Å². The molecule has 120 valence electrons. The van der Waals surface area contributed by atoms with Crippen LogP contribution in [0.3, 0.4) is 0 Å². The summed E-state index contributed by atoms with van der Waals surface area (Å²) < 4.78 is 1.56. The average molecular weight is 333 g/mol. The maximum atomic E-state index is 12.5. The van der Waals surface area contributed by atoms with Crippen LogP contribution in [0.15, 0.2) is 36.7 Å². The molecular formula is C16H17ClN4O2. The van der Waals surface area contributed by atoms with Crippen molar-refractivity contribution in [3.8, 4) is 0 Å². The average Bonchev–Trinajstić information content (AvgIpc) is 3.16. The molecule has 1 aliphatic heterocycles. The normalized spacial score (nSPS) is 17.3. The van der Waals surface area contributed by atoms with Gasteiger partial charge >= 0.3 is 11.8 Å². The molecule has 1 aromatic carbocycles. The molecule has 2 aromatic rings. The number of anilines is 1. The lowest BCUT2D eigenvalue weighted by Gasteiger charge is -2.25. The minimum Gasteiger partial charge on any atom is -0.327 e. The molecule has 1 atom stereocenters. The van der Waals surface area contributed by atoms with E-state index in [9.17, 15) is 9.59 Å². The Morgan fingerprint density at radius 3 is 2.83 bits per heavy atom. The van der Waals surface area contributed by atoms with Gasteiger partial charge in [-0.3, -0.25) is 14.3 Å². The van der Waals surface area contributed by atoms with Gasteiger partial charge in [-0.05, 0) is 24.5 Å². The molecule has 1 aliphatic rings. The van der Waals surface area contributed by atoms with Crippen LogP contribution in [0.4, 0.5) is 5.69 Å². The highest BCUT2D eigenvalue weighted by Crippen LogP contribution is 2.35. The van der Waals surface area contributed by atoms with E-state index in [1.807, 2.05) is 18.2 Å². The third-order valence-corrected chi connectivity index (χ3v) is 4.28. The summed E-state index contributed by atoms with van der Waals surface area (Å²) in [6.07, 6.45) is 4.79. The number of carbonyl (C=O) groups excluding carboxylic acids is 2. The zero-order chi connectivity index (χ0) is 16.4. The second-order valence-corrected chi connectivity index (χ2v) is 5.94. The molecule has 2 amide bonds. The van der Waals surface area contributed by atoms with Crippen molar-refractivity contribution in [2.24, 2.45) is 7.05 Å². The third kappa shape index (κ3) is 3.22. The molecule has 7 heteroatoms. The molecule has 1 saturated heterocycles. The number of benzene rings is 1. The van der Waals surface area contributed by atoms with Crippen LogP contribution < -0.4 is 5.32 Å². The Bertz CT molecular complexity index is 743. The highest BCUT2D eigenvalue weighted by molar-refractivity contribution is 6.39. The number of halogens is 1. The summed E-state index contributed by atoms with van der Waals surface area (Å²) in [5.74, 6) is -1.20. The highest BCUT2D eigenvalue weighted by atomic mass is 35.5. The number of aromatic nitrogens is 2. The fourth-order valence-electron chi connectivity index (χ4n) is 2.88. The fourth-order valence-corrected chi connectivity index (χ4v) is 3.14. The Hall–Kier alpha value is -2.34. The van der Waals surface area contributed by atoms with Crippen LogP contribution in [0.2, 0.25) is 5.02 Å². The van der Waals surface area contributed by atoms with Crippen molar-refractivity contribution in [3.63, 3.8) is 0 Å². The quantitative estimate of drug-likeness (QED) is 0.859. The maximum Gasteiger partial charge on any atom is 0.314 e. The number of carbonyl (C=O) groups is 2. The Kier molecular flexibility index (Phi) is 4.34. The Balaban J connectivity index is 1.75. The third-order valence-electron chi connectivity index (χ3n) is 3.93. The van der Waals surface area contributed by atoms with Gasteiger partial charge in [-0.25, -0.2) is 0 Å². The summed E-state index contributed by atoms with van der Waals surface area (Å²) in [5.41, 5.74) is 1.38. The van der Waals surface area contributed by atoms with Gasteiger partial charge in [-0.15, -0.1) is 0 Å². The molecule has 3 rings (SSSR count). The summed E-state index contributed by atoms with van der Waals surface area (Å²) in [6, 6.07) is 7.28.